The standard InChI is InChI=1S/C29H31N3O4/c1-4-18-6-8-20(9-7-18)27-24-25(19-12-16-23(35-3)17-13-19)30-31-26(24)28(33)32(27)22-14-10-21(11-15-22)29(34)36-5-2/h6-17,24-27,30-31H,4-5H2,1-3H3. The summed E-state index contributed by atoms with van der Waals surface area (Å²) in [5, 5.41) is 0. The van der Waals surface area contributed by atoms with Gasteiger partial charge in [0.25, 0.3) is 0 Å². The van der Waals surface area contributed by atoms with Gasteiger partial charge < -0.3 is 14.4 Å². The van der Waals surface area contributed by atoms with Crippen molar-refractivity contribution in [2.24, 2.45) is 5.92 Å². The number of amides is 1. The van der Waals surface area contributed by atoms with Crippen LogP contribution in [0.2, 0.25) is 0 Å². The van der Waals surface area contributed by atoms with Crippen LogP contribution in [-0.4, -0.2) is 31.6 Å². The molecule has 4 atom stereocenters. The summed E-state index contributed by atoms with van der Waals surface area (Å²) in [6, 6.07) is 22.9. The Morgan fingerprint density at radius 3 is 2.11 bits per heavy atom. The predicted molar refractivity (Wildman–Crippen MR) is 138 cm³/mol. The first kappa shape index (κ1) is 24.0. The van der Waals surface area contributed by atoms with Gasteiger partial charge in [0.1, 0.15) is 11.8 Å². The monoisotopic (exact) mass is 485 g/mol. The van der Waals surface area contributed by atoms with Gasteiger partial charge in [-0.1, -0.05) is 43.3 Å². The van der Waals surface area contributed by atoms with Gasteiger partial charge in [-0.15, -0.1) is 0 Å². The Bertz CT molecular complexity index is 1220. The van der Waals surface area contributed by atoms with Crippen molar-refractivity contribution >= 4 is 17.6 Å². The minimum absolute atomic E-state index is 0.00281. The quantitative estimate of drug-likeness (QED) is 0.484. The van der Waals surface area contributed by atoms with Gasteiger partial charge in [-0.25, -0.2) is 15.6 Å². The second-order valence-corrected chi connectivity index (χ2v) is 9.11. The zero-order valence-corrected chi connectivity index (χ0v) is 20.7. The van der Waals surface area contributed by atoms with Crippen LogP contribution in [0.4, 0.5) is 5.69 Å². The first-order valence-electron chi connectivity index (χ1n) is 12.4. The number of hydrogen-bond donors (Lipinski definition) is 2. The zero-order valence-electron chi connectivity index (χ0n) is 20.7. The Hall–Kier alpha value is -3.68. The summed E-state index contributed by atoms with van der Waals surface area (Å²) in [5.41, 5.74) is 11.3. The summed E-state index contributed by atoms with van der Waals surface area (Å²) in [6.45, 7) is 4.23. The molecule has 0 aliphatic carbocycles. The second kappa shape index (κ2) is 10.1. The minimum Gasteiger partial charge on any atom is -0.497 e. The van der Waals surface area contributed by atoms with E-state index in [2.05, 4.69) is 42.0 Å². The van der Waals surface area contributed by atoms with E-state index in [0.717, 1.165) is 29.0 Å². The molecule has 0 radical (unpaired) electrons. The Balaban J connectivity index is 1.55. The highest BCUT2D eigenvalue weighted by molar-refractivity contribution is 6.02. The Kier molecular flexibility index (Phi) is 6.76. The van der Waals surface area contributed by atoms with Gasteiger partial charge in [-0.2, -0.15) is 0 Å². The summed E-state index contributed by atoms with van der Waals surface area (Å²) in [7, 11) is 1.65. The van der Waals surface area contributed by atoms with Crippen LogP contribution >= 0.6 is 0 Å². The van der Waals surface area contributed by atoms with Crippen molar-refractivity contribution in [1.82, 2.24) is 10.9 Å². The van der Waals surface area contributed by atoms with Gasteiger partial charge in [0, 0.05) is 11.6 Å². The smallest absolute Gasteiger partial charge is 0.338 e. The number of esters is 1. The number of rotatable bonds is 7. The highest BCUT2D eigenvalue weighted by Gasteiger charge is 2.56. The first-order chi connectivity index (χ1) is 17.5. The molecule has 4 unspecified atom stereocenters. The number of methoxy groups -OCH3 is 1. The number of carbonyl (C=O) groups excluding carboxylic acids is 2. The van der Waals surface area contributed by atoms with E-state index in [0.29, 0.717) is 12.2 Å². The molecule has 2 aliphatic rings. The molecule has 36 heavy (non-hydrogen) atoms. The molecule has 0 aromatic heterocycles. The fourth-order valence-corrected chi connectivity index (χ4v) is 5.31. The molecule has 0 bridgehead atoms. The number of anilines is 1. The van der Waals surface area contributed by atoms with E-state index in [1.165, 1.54) is 5.56 Å². The molecule has 2 fully saturated rings. The van der Waals surface area contributed by atoms with Crippen molar-refractivity contribution in [3.63, 3.8) is 0 Å². The Labute approximate surface area is 211 Å². The molecule has 2 heterocycles. The Morgan fingerprint density at radius 1 is 0.861 bits per heavy atom. The van der Waals surface area contributed by atoms with Crippen LogP contribution in [0.5, 0.6) is 5.75 Å². The average Bonchev–Trinajstić information content (AvgIpc) is 3.48. The van der Waals surface area contributed by atoms with Crippen LogP contribution in [0.1, 0.15) is 53.0 Å². The zero-order chi connectivity index (χ0) is 25.2. The van der Waals surface area contributed by atoms with Crippen LogP contribution in [-0.2, 0) is 16.0 Å². The predicted octanol–water partition coefficient (Wildman–Crippen LogP) is 4.36. The van der Waals surface area contributed by atoms with Crippen molar-refractivity contribution in [1.29, 1.82) is 0 Å². The lowest BCUT2D eigenvalue weighted by atomic mass is 9.83. The Morgan fingerprint density at radius 2 is 1.50 bits per heavy atom. The summed E-state index contributed by atoms with van der Waals surface area (Å²) in [6.07, 6.45) is 0.951. The summed E-state index contributed by atoms with van der Waals surface area (Å²) in [4.78, 5) is 27.8. The SMILES string of the molecule is CCOC(=O)c1ccc(N2C(=O)C3NNC(c4ccc(OC)cc4)C3C2c2ccc(CC)cc2)cc1. The fourth-order valence-electron chi connectivity index (χ4n) is 5.31. The van der Waals surface area contributed by atoms with Crippen LogP contribution < -0.4 is 20.5 Å². The van der Waals surface area contributed by atoms with Gasteiger partial charge in [0.15, 0.2) is 0 Å². The van der Waals surface area contributed by atoms with Crippen LogP contribution in [0.3, 0.4) is 0 Å². The summed E-state index contributed by atoms with van der Waals surface area (Å²) >= 11 is 0. The molecule has 1 amide bonds. The van der Waals surface area contributed by atoms with E-state index in [-0.39, 0.29) is 29.9 Å². The van der Waals surface area contributed by atoms with Gasteiger partial charge >= 0.3 is 5.97 Å². The second-order valence-electron chi connectivity index (χ2n) is 9.11. The largest absolute Gasteiger partial charge is 0.497 e. The van der Waals surface area contributed by atoms with Gasteiger partial charge in [-0.3, -0.25) is 4.79 Å². The molecular weight excluding hydrogens is 454 g/mol. The molecule has 3 aromatic carbocycles. The maximum atomic E-state index is 13.8. The van der Waals surface area contributed by atoms with Crippen molar-refractivity contribution < 1.29 is 19.1 Å². The van der Waals surface area contributed by atoms with E-state index >= 15 is 0 Å². The molecule has 3 aromatic rings. The molecule has 2 aliphatic heterocycles. The van der Waals surface area contributed by atoms with Gasteiger partial charge in [-0.05, 0) is 66.4 Å². The minimum atomic E-state index is -0.391. The van der Waals surface area contributed by atoms with Crippen molar-refractivity contribution in [3.05, 3.63) is 95.1 Å². The van der Waals surface area contributed by atoms with Gasteiger partial charge in [0.05, 0.1) is 31.4 Å². The number of aryl methyl sites for hydroxylation is 1. The summed E-state index contributed by atoms with van der Waals surface area (Å²) in [5.74, 6) is 0.365. The third-order valence-corrected chi connectivity index (χ3v) is 7.17. The number of hydrazine groups is 1. The molecule has 5 rings (SSSR count). The molecule has 7 heteroatoms. The first-order valence-corrected chi connectivity index (χ1v) is 12.4. The number of carbonyl (C=O) groups is 2. The molecule has 7 nitrogen and oxygen atoms in total. The van der Waals surface area contributed by atoms with Crippen molar-refractivity contribution in [2.45, 2.75) is 38.4 Å². The molecule has 2 N–H and O–H groups in total. The lowest BCUT2D eigenvalue weighted by Gasteiger charge is -2.31. The number of nitrogens with one attached hydrogen (secondary N) is 2. The maximum absolute atomic E-state index is 13.8. The van der Waals surface area contributed by atoms with Crippen molar-refractivity contribution in [2.75, 3.05) is 18.6 Å². The van der Waals surface area contributed by atoms with Crippen LogP contribution in [0, 0.1) is 5.92 Å². The van der Waals surface area contributed by atoms with Crippen LogP contribution in [0.25, 0.3) is 0 Å². The van der Waals surface area contributed by atoms with E-state index < -0.39 is 6.04 Å². The molecular formula is C29H31N3O4. The van der Waals surface area contributed by atoms with E-state index in [9.17, 15) is 9.59 Å². The number of nitrogens with zero attached hydrogens (tertiary/aromatic N) is 1. The molecule has 0 saturated carbocycles. The highest BCUT2D eigenvalue weighted by atomic mass is 16.5. The van der Waals surface area contributed by atoms with Crippen molar-refractivity contribution in [3.8, 4) is 5.75 Å². The van der Waals surface area contributed by atoms with E-state index in [4.69, 9.17) is 9.47 Å². The highest BCUT2D eigenvalue weighted by Crippen LogP contribution is 2.49. The van der Waals surface area contributed by atoms with Gasteiger partial charge in [0.2, 0.25) is 5.91 Å². The van der Waals surface area contributed by atoms with E-state index in [1.807, 2.05) is 41.3 Å². The third-order valence-electron chi connectivity index (χ3n) is 7.17. The third kappa shape index (κ3) is 4.25. The van der Waals surface area contributed by atoms with E-state index in [1.54, 1.807) is 26.2 Å². The lowest BCUT2D eigenvalue weighted by molar-refractivity contribution is -0.119. The molecule has 0 spiro atoms. The number of hydrogen-bond acceptors (Lipinski definition) is 6. The summed E-state index contributed by atoms with van der Waals surface area (Å²) < 4.78 is 10.5. The number of fused-ring (bicyclic) bond motifs is 1. The molecule has 186 valence electrons. The fraction of sp³-hybridized carbons (Fsp3) is 0.310. The number of ether oxygens (including phenoxy) is 2. The van der Waals surface area contributed by atoms with Crippen LogP contribution in [0.15, 0.2) is 72.8 Å². The topological polar surface area (TPSA) is 79.9 Å². The molecule has 2 saturated heterocycles. The lowest BCUT2D eigenvalue weighted by Crippen LogP contribution is -2.41. The maximum Gasteiger partial charge on any atom is 0.338 e. The normalized spacial score (nSPS) is 23.0. The average molecular weight is 486 g/mol. The number of benzene rings is 3.